The molecule has 0 spiro atoms. The fourth-order valence-corrected chi connectivity index (χ4v) is 2.52. The van der Waals surface area contributed by atoms with Gasteiger partial charge in [-0.05, 0) is 33.0 Å². The minimum atomic E-state index is -0.148. The first kappa shape index (κ1) is 13.8. The first-order chi connectivity index (χ1) is 8.99. The van der Waals surface area contributed by atoms with Gasteiger partial charge in [0.05, 0.1) is 0 Å². The lowest BCUT2D eigenvalue weighted by Crippen LogP contribution is -2.42. The van der Waals surface area contributed by atoms with Crippen molar-refractivity contribution < 1.29 is 4.79 Å². The van der Waals surface area contributed by atoms with Crippen LogP contribution < -0.4 is 5.56 Å². The number of likely N-dealkylation sites (N-methyl/N-ethyl adjacent to an activating group) is 1. The summed E-state index contributed by atoms with van der Waals surface area (Å²) in [4.78, 5) is 28.2. The molecular formula is C14H21N3O2. The molecule has 0 saturated carbocycles. The van der Waals surface area contributed by atoms with Gasteiger partial charge in [-0.25, -0.2) is 0 Å². The Labute approximate surface area is 113 Å². The average Bonchev–Trinajstić information content (AvgIpc) is 2.52. The van der Waals surface area contributed by atoms with Crippen molar-refractivity contribution in [3.05, 3.63) is 34.2 Å². The number of carbonyl (C=O) groups excluding carboxylic acids is 1. The van der Waals surface area contributed by atoms with E-state index in [4.69, 9.17) is 0 Å². The van der Waals surface area contributed by atoms with Crippen molar-refractivity contribution in [3.8, 4) is 0 Å². The van der Waals surface area contributed by atoms with Crippen molar-refractivity contribution >= 4 is 5.91 Å². The Morgan fingerprint density at radius 1 is 1.32 bits per heavy atom. The van der Waals surface area contributed by atoms with Gasteiger partial charge < -0.3 is 14.4 Å². The van der Waals surface area contributed by atoms with E-state index in [1.165, 1.54) is 10.6 Å². The number of rotatable bonds is 1. The second-order valence-electron chi connectivity index (χ2n) is 5.33. The molecule has 0 aromatic carbocycles. The maximum absolute atomic E-state index is 12.5. The molecule has 5 heteroatoms. The van der Waals surface area contributed by atoms with Crippen LogP contribution in [0.4, 0.5) is 0 Å². The standard InChI is InChI=1S/C14H21N3O2/c1-11-10-15(2)6-4-7-17(11)14(19)12-5-8-16(3)13(18)9-12/h5,8-9,11H,4,6-7,10H2,1-3H3. The normalized spacial score (nSPS) is 21.2. The number of hydrogen-bond donors (Lipinski definition) is 0. The third-order valence-electron chi connectivity index (χ3n) is 3.66. The van der Waals surface area contributed by atoms with Gasteiger partial charge in [0.15, 0.2) is 0 Å². The number of carbonyl (C=O) groups is 1. The molecule has 0 aliphatic carbocycles. The molecule has 5 nitrogen and oxygen atoms in total. The monoisotopic (exact) mass is 263 g/mol. The van der Waals surface area contributed by atoms with E-state index in [9.17, 15) is 9.59 Å². The molecular weight excluding hydrogens is 242 g/mol. The molecule has 1 saturated heterocycles. The number of hydrogen-bond acceptors (Lipinski definition) is 3. The summed E-state index contributed by atoms with van der Waals surface area (Å²) in [5.74, 6) is -0.0412. The molecule has 1 amide bonds. The molecule has 1 aliphatic rings. The van der Waals surface area contributed by atoms with E-state index in [2.05, 4.69) is 18.9 Å². The molecule has 2 rings (SSSR count). The summed E-state index contributed by atoms with van der Waals surface area (Å²) in [5, 5.41) is 0. The zero-order chi connectivity index (χ0) is 14.0. The van der Waals surface area contributed by atoms with Gasteiger partial charge in [-0.3, -0.25) is 9.59 Å². The summed E-state index contributed by atoms with van der Waals surface area (Å²) in [6.07, 6.45) is 2.61. The predicted molar refractivity (Wildman–Crippen MR) is 74.3 cm³/mol. The molecule has 1 unspecified atom stereocenters. The molecule has 104 valence electrons. The maximum atomic E-state index is 12.5. The van der Waals surface area contributed by atoms with E-state index in [-0.39, 0.29) is 17.5 Å². The van der Waals surface area contributed by atoms with Gasteiger partial charge in [-0.15, -0.1) is 0 Å². The van der Waals surface area contributed by atoms with E-state index in [0.29, 0.717) is 5.56 Å². The lowest BCUT2D eigenvalue weighted by Gasteiger charge is -2.28. The number of nitrogens with zero attached hydrogens (tertiary/aromatic N) is 3. The van der Waals surface area contributed by atoms with Gasteiger partial charge in [0.1, 0.15) is 0 Å². The van der Waals surface area contributed by atoms with E-state index in [1.807, 2.05) is 4.90 Å². The van der Waals surface area contributed by atoms with Crippen LogP contribution in [0.5, 0.6) is 0 Å². The van der Waals surface area contributed by atoms with E-state index >= 15 is 0 Å². The Morgan fingerprint density at radius 2 is 2.05 bits per heavy atom. The molecule has 2 heterocycles. The minimum Gasteiger partial charge on any atom is -0.335 e. The maximum Gasteiger partial charge on any atom is 0.254 e. The average molecular weight is 263 g/mol. The Morgan fingerprint density at radius 3 is 2.74 bits per heavy atom. The second-order valence-corrected chi connectivity index (χ2v) is 5.33. The number of pyridine rings is 1. The fraction of sp³-hybridized carbons (Fsp3) is 0.571. The molecule has 1 aromatic heterocycles. The van der Waals surface area contributed by atoms with Crippen molar-refractivity contribution in [1.29, 1.82) is 0 Å². The van der Waals surface area contributed by atoms with Gasteiger partial charge in [0, 0.05) is 44.0 Å². The fourth-order valence-electron chi connectivity index (χ4n) is 2.52. The predicted octanol–water partition coefficient (Wildman–Crippen LogP) is 0.551. The number of amides is 1. The van der Waals surface area contributed by atoms with Crippen LogP contribution in [0.2, 0.25) is 0 Å². The lowest BCUT2D eigenvalue weighted by atomic mass is 10.2. The van der Waals surface area contributed by atoms with Crippen LogP contribution in [0.15, 0.2) is 23.1 Å². The van der Waals surface area contributed by atoms with E-state index in [1.54, 1.807) is 19.3 Å². The summed E-state index contributed by atoms with van der Waals surface area (Å²) in [5.41, 5.74) is 0.338. The smallest absolute Gasteiger partial charge is 0.254 e. The first-order valence-corrected chi connectivity index (χ1v) is 6.65. The highest BCUT2D eigenvalue weighted by Gasteiger charge is 2.25. The van der Waals surface area contributed by atoms with Crippen LogP contribution in [-0.4, -0.2) is 53.0 Å². The topological polar surface area (TPSA) is 45.5 Å². The highest BCUT2D eigenvalue weighted by Crippen LogP contribution is 2.12. The van der Waals surface area contributed by atoms with Crippen molar-refractivity contribution in [2.45, 2.75) is 19.4 Å². The zero-order valence-corrected chi connectivity index (χ0v) is 11.8. The molecule has 1 aromatic rings. The summed E-state index contributed by atoms with van der Waals surface area (Å²) in [6.45, 7) is 4.68. The molecule has 1 aliphatic heterocycles. The molecule has 19 heavy (non-hydrogen) atoms. The van der Waals surface area contributed by atoms with Crippen LogP contribution in [-0.2, 0) is 7.05 Å². The number of aromatic nitrogens is 1. The van der Waals surface area contributed by atoms with Crippen LogP contribution in [0.25, 0.3) is 0 Å². The highest BCUT2D eigenvalue weighted by atomic mass is 16.2. The Bertz CT molecular complexity index is 524. The molecule has 1 atom stereocenters. The summed E-state index contributed by atoms with van der Waals surface area (Å²) in [6, 6.07) is 3.30. The van der Waals surface area contributed by atoms with Gasteiger partial charge in [-0.2, -0.15) is 0 Å². The van der Waals surface area contributed by atoms with Gasteiger partial charge in [0.2, 0.25) is 0 Å². The number of aryl methyl sites for hydroxylation is 1. The second kappa shape index (κ2) is 5.57. The van der Waals surface area contributed by atoms with E-state index in [0.717, 1.165) is 26.1 Å². The molecule has 0 radical (unpaired) electrons. The Balaban J connectivity index is 2.22. The quantitative estimate of drug-likeness (QED) is 0.743. The largest absolute Gasteiger partial charge is 0.335 e. The van der Waals surface area contributed by atoms with Crippen molar-refractivity contribution in [1.82, 2.24) is 14.4 Å². The summed E-state index contributed by atoms with van der Waals surface area (Å²) in [7, 11) is 3.75. The van der Waals surface area contributed by atoms with Crippen LogP contribution in [0.3, 0.4) is 0 Å². The third kappa shape index (κ3) is 3.04. The lowest BCUT2D eigenvalue weighted by molar-refractivity contribution is 0.0696. The van der Waals surface area contributed by atoms with Crippen LogP contribution >= 0.6 is 0 Å². The first-order valence-electron chi connectivity index (χ1n) is 6.65. The van der Waals surface area contributed by atoms with E-state index < -0.39 is 0 Å². The highest BCUT2D eigenvalue weighted by molar-refractivity contribution is 5.94. The van der Waals surface area contributed by atoms with Crippen molar-refractivity contribution in [2.24, 2.45) is 7.05 Å². The minimum absolute atomic E-state index is 0.0412. The van der Waals surface area contributed by atoms with Crippen LogP contribution in [0, 0.1) is 0 Å². The van der Waals surface area contributed by atoms with Gasteiger partial charge >= 0.3 is 0 Å². The molecule has 1 fully saturated rings. The Hall–Kier alpha value is -1.62. The molecule has 0 N–H and O–H groups in total. The summed E-state index contributed by atoms with van der Waals surface area (Å²) >= 11 is 0. The van der Waals surface area contributed by atoms with Gasteiger partial charge in [-0.1, -0.05) is 0 Å². The van der Waals surface area contributed by atoms with Crippen molar-refractivity contribution in [2.75, 3.05) is 26.7 Å². The third-order valence-corrected chi connectivity index (χ3v) is 3.66. The SMILES string of the molecule is CC1CN(C)CCCN1C(=O)c1ccn(C)c(=O)c1. The zero-order valence-electron chi connectivity index (χ0n) is 11.8. The molecule has 0 bridgehead atoms. The Kier molecular flexibility index (Phi) is 4.04. The van der Waals surface area contributed by atoms with Crippen LogP contribution in [0.1, 0.15) is 23.7 Å². The van der Waals surface area contributed by atoms with Gasteiger partial charge in [0.25, 0.3) is 11.5 Å². The van der Waals surface area contributed by atoms with Crippen molar-refractivity contribution in [3.63, 3.8) is 0 Å². The summed E-state index contributed by atoms with van der Waals surface area (Å²) < 4.78 is 1.47.